The Morgan fingerprint density at radius 2 is 1.10 bits per heavy atom. The predicted molar refractivity (Wildman–Crippen MR) is 174 cm³/mol. The second-order valence-electron chi connectivity index (χ2n) is 10.1. The Hall–Kier alpha value is -4.64. The van der Waals surface area contributed by atoms with Crippen molar-refractivity contribution in [2.45, 2.75) is 0 Å². The Kier molecular flexibility index (Phi) is 4.68. The molecule has 9 aromatic rings. The monoisotopic (exact) mass is 547 g/mol. The van der Waals surface area contributed by atoms with Crippen molar-refractivity contribution in [3.8, 4) is 0 Å². The summed E-state index contributed by atoms with van der Waals surface area (Å²) in [6, 6.07) is 45.3. The van der Waals surface area contributed by atoms with E-state index in [-0.39, 0.29) is 0 Å². The standard InChI is InChI=1S/C36H21NOS2/c1-3-10-22(11-4-1)37(23-12-5-2-6-13-23)28-16-9-15-27-32-29(38-34(27)28)20-18-24-25-19-21-31-33(36(25)40-35(24)32)26-14-7-8-17-30(26)39-31/h1-21H. The molecule has 0 bridgehead atoms. The average Bonchev–Trinajstić information content (AvgIpc) is 3.69. The van der Waals surface area contributed by atoms with Crippen LogP contribution >= 0.6 is 22.7 Å². The summed E-state index contributed by atoms with van der Waals surface area (Å²) in [5, 5.41) is 7.67. The Labute approximate surface area is 237 Å². The lowest BCUT2D eigenvalue weighted by Gasteiger charge is -2.25. The molecule has 6 aromatic carbocycles. The summed E-state index contributed by atoms with van der Waals surface area (Å²) >= 11 is 3.78. The quantitative estimate of drug-likeness (QED) is 0.219. The van der Waals surface area contributed by atoms with E-state index in [0.29, 0.717) is 0 Å². The van der Waals surface area contributed by atoms with Crippen LogP contribution in [0.4, 0.5) is 17.1 Å². The Bertz CT molecular complexity index is 2340. The zero-order valence-corrected chi connectivity index (χ0v) is 22.9. The Morgan fingerprint density at radius 3 is 1.88 bits per heavy atom. The number of anilines is 3. The van der Waals surface area contributed by atoms with Crippen LogP contribution in [0, 0.1) is 0 Å². The van der Waals surface area contributed by atoms with Gasteiger partial charge in [-0.15, -0.1) is 22.7 Å². The van der Waals surface area contributed by atoms with E-state index in [0.717, 1.165) is 33.6 Å². The molecule has 0 aliphatic carbocycles. The molecule has 0 saturated heterocycles. The van der Waals surface area contributed by atoms with Crippen LogP contribution in [-0.4, -0.2) is 0 Å². The van der Waals surface area contributed by atoms with Crippen LogP contribution < -0.4 is 4.90 Å². The van der Waals surface area contributed by atoms with Gasteiger partial charge in [0.05, 0.1) is 5.69 Å². The van der Waals surface area contributed by atoms with Crippen LogP contribution in [0.5, 0.6) is 0 Å². The summed E-state index contributed by atoms with van der Waals surface area (Å²) < 4.78 is 12.1. The van der Waals surface area contributed by atoms with Gasteiger partial charge in [-0.25, -0.2) is 0 Å². The number of para-hydroxylation sites is 3. The largest absolute Gasteiger partial charge is 0.454 e. The summed E-state index contributed by atoms with van der Waals surface area (Å²) in [7, 11) is 0. The third-order valence-electron chi connectivity index (χ3n) is 7.85. The van der Waals surface area contributed by atoms with Crippen molar-refractivity contribution >= 4 is 102 Å². The van der Waals surface area contributed by atoms with E-state index in [9.17, 15) is 0 Å². The van der Waals surface area contributed by atoms with E-state index in [4.69, 9.17) is 4.42 Å². The molecule has 0 amide bonds. The van der Waals surface area contributed by atoms with Gasteiger partial charge < -0.3 is 9.32 Å². The van der Waals surface area contributed by atoms with Crippen LogP contribution in [0.2, 0.25) is 0 Å². The SMILES string of the molecule is c1ccc(N(c2ccccc2)c2cccc3c2oc2ccc4c5ccc6sc7ccccc7c6c5sc4c23)cc1. The molecule has 4 heteroatoms. The summed E-state index contributed by atoms with van der Waals surface area (Å²) in [6.45, 7) is 0. The van der Waals surface area contributed by atoms with Gasteiger partial charge in [0.25, 0.3) is 0 Å². The zero-order valence-electron chi connectivity index (χ0n) is 21.3. The number of hydrogen-bond acceptors (Lipinski definition) is 4. The molecule has 3 heterocycles. The van der Waals surface area contributed by atoms with Crippen molar-refractivity contribution in [2.24, 2.45) is 0 Å². The molecule has 0 unspecified atom stereocenters. The van der Waals surface area contributed by atoms with Gasteiger partial charge in [0.15, 0.2) is 5.58 Å². The molecule has 0 aliphatic rings. The van der Waals surface area contributed by atoms with Crippen molar-refractivity contribution in [2.75, 3.05) is 4.90 Å². The summed E-state index contributed by atoms with van der Waals surface area (Å²) in [5.41, 5.74) is 5.06. The molecule has 188 valence electrons. The highest BCUT2D eigenvalue weighted by atomic mass is 32.1. The van der Waals surface area contributed by atoms with Crippen molar-refractivity contribution < 1.29 is 4.42 Å². The number of thiophene rings is 2. The number of fused-ring (bicyclic) bond motifs is 11. The first kappa shape index (κ1) is 22.2. The van der Waals surface area contributed by atoms with Gasteiger partial charge in [-0.2, -0.15) is 0 Å². The number of furan rings is 1. The minimum Gasteiger partial charge on any atom is -0.454 e. The fraction of sp³-hybridized carbons (Fsp3) is 0. The lowest BCUT2D eigenvalue weighted by atomic mass is 10.1. The van der Waals surface area contributed by atoms with Crippen LogP contribution in [0.15, 0.2) is 132 Å². The van der Waals surface area contributed by atoms with E-state index in [1.54, 1.807) is 0 Å². The topological polar surface area (TPSA) is 16.4 Å². The van der Waals surface area contributed by atoms with E-state index >= 15 is 0 Å². The molecule has 40 heavy (non-hydrogen) atoms. The van der Waals surface area contributed by atoms with Crippen LogP contribution in [0.25, 0.3) is 62.3 Å². The lowest BCUT2D eigenvalue weighted by molar-refractivity contribution is 0.669. The molecule has 2 nitrogen and oxygen atoms in total. The maximum atomic E-state index is 6.72. The van der Waals surface area contributed by atoms with Crippen molar-refractivity contribution in [3.05, 3.63) is 127 Å². The van der Waals surface area contributed by atoms with Crippen LogP contribution in [0.1, 0.15) is 0 Å². The second kappa shape index (κ2) is 8.43. The first-order valence-electron chi connectivity index (χ1n) is 13.4. The van der Waals surface area contributed by atoms with Gasteiger partial charge in [-0.1, -0.05) is 72.8 Å². The molecule has 3 aromatic heterocycles. The normalized spacial score (nSPS) is 12.0. The lowest BCUT2D eigenvalue weighted by Crippen LogP contribution is -2.09. The zero-order chi connectivity index (χ0) is 26.2. The molecular formula is C36H21NOS2. The van der Waals surface area contributed by atoms with Gasteiger partial charge in [-0.05, 0) is 54.6 Å². The second-order valence-corrected chi connectivity index (χ2v) is 12.2. The summed E-state index contributed by atoms with van der Waals surface area (Å²) in [5.74, 6) is 0. The van der Waals surface area contributed by atoms with E-state index in [1.165, 1.54) is 45.7 Å². The maximum absolute atomic E-state index is 6.72. The molecule has 0 N–H and O–H groups in total. The summed E-state index contributed by atoms with van der Waals surface area (Å²) in [4.78, 5) is 2.29. The summed E-state index contributed by atoms with van der Waals surface area (Å²) in [6.07, 6.45) is 0. The molecule has 0 radical (unpaired) electrons. The minimum absolute atomic E-state index is 0.904. The first-order valence-corrected chi connectivity index (χ1v) is 15.0. The van der Waals surface area contributed by atoms with Crippen LogP contribution in [0.3, 0.4) is 0 Å². The fourth-order valence-electron chi connectivity index (χ4n) is 6.12. The van der Waals surface area contributed by atoms with Crippen molar-refractivity contribution in [1.29, 1.82) is 0 Å². The molecule has 9 rings (SSSR count). The first-order chi connectivity index (χ1) is 19.8. The highest BCUT2D eigenvalue weighted by Gasteiger charge is 2.22. The number of nitrogens with zero attached hydrogens (tertiary/aromatic N) is 1. The Balaban J connectivity index is 1.37. The van der Waals surface area contributed by atoms with E-state index in [2.05, 4.69) is 132 Å². The smallest absolute Gasteiger partial charge is 0.159 e. The third kappa shape index (κ3) is 3.09. The number of rotatable bonds is 3. The maximum Gasteiger partial charge on any atom is 0.159 e. The fourth-order valence-corrected chi connectivity index (χ4v) is 8.72. The van der Waals surface area contributed by atoms with Gasteiger partial charge >= 0.3 is 0 Å². The van der Waals surface area contributed by atoms with E-state index in [1.807, 2.05) is 22.7 Å². The van der Waals surface area contributed by atoms with Crippen molar-refractivity contribution in [1.82, 2.24) is 0 Å². The molecule has 0 spiro atoms. The predicted octanol–water partition coefficient (Wildman–Crippen LogP) is 11.8. The number of hydrogen-bond donors (Lipinski definition) is 0. The molecule has 0 atom stereocenters. The van der Waals surface area contributed by atoms with Crippen molar-refractivity contribution in [3.63, 3.8) is 0 Å². The molecular weight excluding hydrogens is 527 g/mol. The molecule has 0 saturated carbocycles. The van der Waals surface area contributed by atoms with Gasteiger partial charge in [-0.3, -0.25) is 0 Å². The molecule has 0 fully saturated rings. The van der Waals surface area contributed by atoms with Gasteiger partial charge in [0.2, 0.25) is 0 Å². The Morgan fingerprint density at radius 1 is 0.450 bits per heavy atom. The highest BCUT2D eigenvalue weighted by Crippen LogP contribution is 2.49. The van der Waals surface area contributed by atoms with E-state index < -0.39 is 0 Å². The van der Waals surface area contributed by atoms with Gasteiger partial charge in [0.1, 0.15) is 5.58 Å². The average molecular weight is 548 g/mol. The minimum atomic E-state index is 0.904. The number of benzene rings is 6. The molecule has 0 aliphatic heterocycles. The van der Waals surface area contributed by atoms with Crippen LogP contribution in [-0.2, 0) is 0 Å². The van der Waals surface area contributed by atoms with Gasteiger partial charge in [0, 0.05) is 62.5 Å². The third-order valence-corrected chi connectivity index (χ3v) is 10.2. The highest BCUT2D eigenvalue weighted by molar-refractivity contribution is 7.30.